The highest BCUT2D eigenvalue weighted by atomic mass is 79.9. The van der Waals surface area contributed by atoms with Gasteiger partial charge < -0.3 is 9.47 Å². The summed E-state index contributed by atoms with van der Waals surface area (Å²) in [6.45, 7) is 5.39. The molecule has 0 fully saturated rings. The molecule has 1 aliphatic rings. The van der Waals surface area contributed by atoms with E-state index >= 15 is 0 Å². The number of rotatable bonds is 6. The minimum atomic E-state index is -0.639. The van der Waals surface area contributed by atoms with Gasteiger partial charge in [-0.2, -0.15) is 0 Å². The number of allylic oxidation sites excluding steroid dienone is 1. The van der Waals surface area contributed by atoms with Gasteiger partial charge in [-0.05, 0) is 69.0 Å². The number of hydrogen-bond acceptors (Lipinski definition) is 7. The lowest BCUT2D eigenvalue weighted by Crippen LogP contribution is -2.40. The lowest BCUT2D eigenvalue weighted by molar-refractivity contribution is -0.143. The predicted molar refractivity (Wildman–Crippen MR) is 144 cm³/mol. The molecule has 0 bridgehead atoms. The Balaban J connectivity index is 1.95. The van der Waals surface area contributed by atoms with E-state index in [1.165, 1.54) is 11.3 Å². The van der Waals surface area contributed by atoms with Crippen molar-refractivity contribution in [1.29, 1.82) is 0 Å². The van der Waals surface area contributed by atoms with E-state index in [1.54, 1.807) is 50.3 Å². The van der Waals surface area contributed by atoms with Crippen molar-refractivity contribution in [2.75, 3.05) is 13.4 Å². The highest BCUT2D eigenvalue weighted by molar-refractivity contribution is 9.10. The smallest absolute Gasteiger partial charge is 0.338 e. The fraction of sp³-hybridized carbons (Fsp3) is 0.269. The minimum absolute atomic E-state index is 0.225. The van der Waals surface area contributed by atoms with Crippen LogP contribution in [-0.4, -0.2) is 30.0 Å². The zero-order valence-corrected chi connectivity index (χ0v) is 23.2. The van der Waals surface area contributed by atoms with E-state index in [4.69, 9.17) is 9.47 Å². The molecule has 6 nitrogen and oxygen atoms in total. The Morgan fingerprint density at radius 2 is 1.94 bits per heavy atom. The lowest BCUT2D eigenvalue weighted by atomic mass is 9.96. The van der Waals surface area contributed by atoms with Gasteiger partial charge in [0.25, 0.3) is 5.56 Å². The van der Waals surface area contributed by atoms with Gasteiger partial charge in [0.05, 0.1) is 35.1 Å². The topological polar surface area (TPSA) is 69.9 Å². The molecule has 1 aromatic heterocycles. The average molecular weight is 574 g/mol. The van der Waals surface area contributed by atoms with E-state index in [1.807, 2.05) is 48.7 Å². The average Bonchev–Trinajstić information content (AvgIpc) is 3.12. The Bertz CT molecular complexity index is 1490. The summed E-state index contributed by atoms with van der Waals surface area (Å²) in [7, 11) is 1.59. The molecule has 0 N–H and O–H groups in total. The number of carbonyl (C=O) groups is 1. The second-order valence-electron chi connectivity index (χ2n) is 8.20. The first-order chi connectivity index (χ1) is 16.7. The first-order valence-corrected chi connectivity index (χ1v) is 13.8. The summed E-state index contributed by atoms with van der Waals surface area (Å²) in [6, 6.07) is 12.9. The van der Waals surface area contributed by atoms with Gasteiger partial charge in [0.15, 0.2) is 4.80 Å². The number of hydrogen-bond donors (Lipinski definition) is 0. The Morgan fingerprint density at radius 1 is 1.23 bits per heavy atom. The summed E-state index contributed by atoms with van der Waals surface area (Å²) in [4.78, 5) is 33.2. The van der Waals surface area contributed by atoms with Gasteiger partial charge in [-0.3, -0.25) is 9.36 Å². The van der Waals surface area contributed by atoms with Gasteiger partial charge in [0.2, 0.25) is 0 Å². The number of thiazole rings is 1. The van der Waals surface area contributed by atoms with Gasteiger partial charge in [-0.25, -0.2) is 9.79 Å². The highest BCUT2D eigenvalue weighted by Crippen LogP contribution is 2.32. The number of carbonyl (C=O) groups excluding carboxylic acids is 1. The van der Waals surface area contributed by atoms with E-state index < -0.39 is 12.0 Å². The molecule has 0 aliphatic carbocycles. The monoisotopic (exact) mass is 572 g/mol. The van der Waals surface area contributed by atoms with Crippen LogP contribution in [0.5, 0.6) is 5.75 Å². The van der Waals surface area contributed by atoms with Crippen LogP contribution in [0.2, 0.25) is 0 Å². The quantitative estimate of drug-likeness (QED) is 0.317. The molecule has 0 amide bonds. The van der Waals surface area contributed by atoms with Crippen molar-refractivity contribution in [3.63, 3.8) is 0 Å². The van der Waals surface area contributed by atoms with Crippen molar-refractivity contribution in [2.24, 2.45) is 4.99 Å². The molecule has 2 aromatic carbocycles. The summed E-state index contributed by atoms with van der Waals surface area (Å²) in [5.41, 5.74) is 2.28. The number of thioether (sulfide) groups is 1. The molecule has 182 valence electrons. The van der Waals surface area contributed by atoms with Crippen molar-refractivity contribution >= 4 is 51.1 Å². The highest BCUT2D eigenvalue weighted by Gasteiger charge is 2.33. The molecule has 35 heavy (non-hydrogen) atoms. The van der Waals surface area contributed by atoms with Crippen molar-refractivity contribution in [1.82, 2.24) is 4.57 Å². The number of methoxy groups -OCH3 is 1. The first kappa shape index (κ1) is 25.5. The number of halogens is 1. The lowest BCUT2D eigenvalue weighted by Gasteiger charge is -2.25. The van der Waals surface area contributed by atoms with Crippen LogP contribution in [0.4, 0.5) is 0 Å². The molecule has 3 aromatic rings. The van der Waals surface area contributed by atoms with Crippen LogP contribution in [0, 0.1) is 0 Å². The molecule has 0 unspecified atom stereocenters. The van der Waals surface area contributed by atoms with Crippen LogP contribution in [0.15, 0.2) is 72.9 Å². The van der Waals surface area contributed by atoms with Gasteiger partial charge in [-0.15, -0.1) is 11.8 Å². The molecule has 1 aliphatic heterocycles. The molecule has 0 saturated carbocycles. The van der Waals surface area contributed by atoms with Crippen molar-refractivity contribution in [3.8, 4) is 5.75 Å². The molecule has 0 spiro atoms. The fourth-order valence-electron chi connectivity index (χ4n) is 3.92. The SMILES string of the molecule is COc1ccc(Br)cc1/C=c1\sc2n(c1=O)[C@@H](c1ccc(SC)cc1)C(C(=O)OC(C)C)=C(C)N=2. The van der Waals surface area contributed by atoms with E-state index in [0.717, 1.165) is 20.5 Å². The van der Waals surface area contributed by atoms with E-state index in [2.05, 4.69) is 20.9 Å². The van der Waals surface area contributed by atoms with Crippen molar-refractivity contribution < 1.29 is 14.3 Å². The molecule has 9 heteroatoms. The summed E-state index contributed by atoms with van der Waals surface area (Å²) in [6.07, 6.45) is 3.51. The van der Waals surface area contributed by atoms with E-state index in [-0.39, 0.29) is 11.7 Å². The normalized spacial score (nSPS) is 15.7. The van der Waals surface area contributed by atoms with Crippen molar-refractivity contribution in [2.45, 2.75) is 37.8 Å². The van der Waals surface area contributed by atoms with Crippen LogP contribution in [0.3, 0.4) is 0 Å². The Kier molecular flexibility index (Phi) is 7.68. The van der Waals surface area contributed by atoms with E-state index in [0.29, 0.717) is 26.4 Å². The van der Waals surface area contributed by atoms with Gasteiger partial charge in [0.1, 0.15) is 5.75 Å². The van der Waals surface area contributed by atoms with Crippen molar-refractivity contribution in [3.05, 3.63) is 89.0 Å². The Hall–Kier alpha value is -2.62. The maximum absolute atomic E-state index is 13.8. The summed E-state index contributed by atoms with van der Waals surface area (Å²) in [5, 5.41) is 0. The zero-order chi connectivity index (χ0) is 25.3. The largest absolute Gasteiger partial charge is 0.496 e. The number of fused-ring (bicyclic) bond motifs is 1. The molecule has 0 saturated heterocycles. The van der Waals surface area contributed by atoms with Gasteiger partial charge in [-0.1, -0.05) is 39.4 Å². The number of ether oxygens (including phenoxy) is 2. The van der Waals surface area contributed by atoms with E-state index in [9.17, 15) is 9.59 Å². The zero-order valence-electron chi connectivity index (χ0n) is 20.0. The third-order valence-electron chi connectivity index (χ3n) is 5.49. The Morgan fingerprint density at radius 3 is 2.57 bits per heavy atom. The minimum Gasteiger partial charge on any atom is -0.496 e. The van der Waals surface area contributed by atoms with Gasteiger partial charge in [0, 0.05) is 14.9 Å². The van der Waals surface area contributed by atoms with Crippen LogP contribution in [0.1, 0.15) is 37.9 Å². The Labute approximate surface area is 220 Å². The third kappa shape index (κ3) is 5.17. The fourth-order valence-corrected chi connectivity index (χ4v) is 5.75. The van der Waals surface area contributed by atoms with Gasteiger partial charge >= 0.3 is 5.97 Å². The van der Waals surface area contributed by atoms with Crippen LogP contribution in [-0.2, 0) is 9.53 Å². The number of benzene rings is 2. The second-order valence-corrected chi connectivity index (χ2v) is 11.0. The number of nitrogens with zero attached hydrogens (tertiary/aromatic N) is 2. The third-order valence-corrected chi connectivity index (χ3v) is 7.71. The molecule has 0 radical (unpaired) electrons. The number of esters is 1. The van der Waals surface area contributed by atoms with Crippen LogP contribution >= 0.6 is 39.0 Å². The molecular weight excluding hydrogens is 548 g/mol. The standard InChI is InChI=1S/C26H25BrN2O4S2/c1-14(2)33-25(31)22-15(3)28-26-29(23(22)16-6-9-19(34-5)10-7-16)24(30)21(35-26)13-17-12-18(27)8-11-20(17)32-4/h6-14,23H,1-5H3/b21-13-/t23-/m0/s1. The summed E-state index contributed by atoms with van der Waals surface area (Å²) < 4.78 is 14.0. The second kappa shape index (κ2) is 10.6. The molecular formula is C26H25BrN2O4S2. The van der Waals surface area contributed by atoms with Crippen LogP contribution < -0.4 is 19.6 Å². The van der Waals surface area contributed by atoms with Crippen LogP contribution in [0.25, 0.3) is 6.08 Å². The maximum Gasteiger partial charge on any atom is 0.338 e. The summed E-state index contributed by atoms with van der Waals surface area (Å²) >= 11 is 6.40. The molecule has 4 rings (SSSR count). The molecule has 1 atom stereocenters. The molecule has 2 heterocycles. The number of aromatic nitrogens is 1. The maximum atomic E-state index is 13.8. The summed E-state index contributed by atoms with van der Waals surface area (Å²) in [5.74, 6) is 0.184. The predicted octanol–water partition coefficient (Wildman–Crippen LogP) is 4.68. The first-order valence-electron chi connectivity index (χ1n) is 10.9.